The first-order chi connectivity index (χ1) is 7.18. The maximum absolute atomic E-state index is 3.62. The van der Waals surface area contributed by atoms with Crippen molar-refractivity contribution >= 4 is 0 Å². The third kappa shape index (κ3) is 2.94. The molecule has 0 aromatic carbocycles. The molecule has 0 bridgehead atoms. The van der Waals surface area contributed by atoms with Crippen LogP contribution in [-0.4, -0.2) is 36.1 Å². The summed E-state index contributed by atoms with van der Waals surface area (Å²) in [6.45, 7) is 9.62. The van der Waals surface area contributed by atoms with Crippen LogP contribution in [0.3, 0.4) is 0 Å². The SMILES string of the molecule is CC(C)C(C)N(CC1CCCN1)C1CC1. The van der Waals surface area contributed by atoms with Gasteiger partial charge in [0.1, 0.15) is 0 Å². The van der Waals surface area contributed by atoms with Crippen LogP contribution in [0.25, 0.3) is 0 Å². The van der Waals surface area contributed by atoms with Crippen LogP contribution in [0.2, 0.25) is 0 Å². The number of nitrogens with zero attached hydrogens (tertiary/aromatic N) is 1. The first-order valence-electron chi connectivity index (χ1n) is 6.67. The van der Waals surface area contributed by atoms with Gasteiger partial charge in [-0.3, -0.25) is 4.90 Å². The molecule has 0 radical (unpaired) electrons. The van der Waals surface area contributed by atoms with Crippen molar-refractivity contribution < 1.29 is 0 Å². The monoisotopic (exact) mass is 210 g/mol. The summed E-state index contributed by atoms with van der Waals surface area (Å²) in [6, 6.07) is 2.43. The Hall–Kier alpha value is -0.0800. The molecular weight excluding hydrogens is 184 g/mol. The standard InChI is InChI=1S/C13H26N2/c1-10(2)11(3)15(13-6-7-13)9-12-5-4-8-14-12/h10-14H,4-9H2,1-3H3. The zero-order valence-corrected chi connectivity index (χ0v) is 10.5. The molecule has 1 saturated heterocycles. The third-order valence-electron chi connectivity index (χ3n) is 4.10. The summed E-state index contributed by atoms with van der Waals surface area (Å²) < 4.78 is 0. The van der Waals surface area contributed by atoms with Crippen molar-refractivity contribution in [2.24, 2.45) is 5.92 Å². The molecule has 2 atom stereocenters. The highest BCUT2D eigenvalue weighted by Crippen LogP contribution is 2.31. The largest absolute Gasteiger partial charge is 0.313 e. The van der Waals surface area contributed by atoms with Gasteiger partial charge in [-0.25, -0.2) is 0 Å². The van der Waals surface area contributed by atoms with Crippen molar-refractivity contribution in [3.63, 3.8) is 0 Å². The minimum atomic E-state index is 0.750. The van der Waals surface area contributed by atoms with E-state index >= 15 is 0 Å². The molecule has 0 spiro atoms. The number of rotatable bonds is 5. The zero-order chi connectivity index (χ0) is 10.8. The van der Waals surface area contributed by atoms with Gasteiger partial charge in [0.15, 0.2) is 0 Å². The van der Waals surface area contributed by atoms with Crippen molar-refractivity contribution in [3.8, 4) is 0 Å². The van der Waals surface area contributed by atoms with Gasteiger partial charge < -0.3 is 5.32 Å². The summed E-state index contributed by atoms with van der Waals surface area (Å²) in [5.41, 5.74) is 0. The van der Waals surface area contributed by atoms with Crippen LogP contribution in [0, 0.1) is 5.92 Å². The van der Waals surface area contributed by atoms with E-state index in [1.807, 2.05) is 0 Å². The predicted octanol–water partition coefficient (Wildman–Crippen LogP) is 2.25. The highest BCUT2D eigenvalue weighted by Gasteiger charge is 2.34. The molecule has 1 heterocycles. The van der Waals surface area contributed by atoms with E-state index in [1.165, 1.54) is 38.8 Å². The zero-order valence-electron chi connectivity index (χ0n) is 10.5. The fourth-order valence-electron chi connectivity index (χ4n) is 2.60. The summed E-state index contributed by atoms with van der Waals surface area (Å²) in [5, 5.41) is 3.62. The fraction of sp³-hybridized carbons (Fsp3) is 1.00. The number of hydrogen-bond donors (Lipinski definition) is 1. The maximum Gasteiger partial charge on any atom is 0.0195 e. The smallest absolute Gasteiger partial charge is 0.0195 e. The minimum Gasteiger partial charge on any atom is -0.313 e. The molecule has 2 unspecified atom stereocenters. The van der Waals surface area contributed by atoms with E-state index in [2.05, 4.69) is 31.0 Å². The van der Waals surface area contributed by atoms with Crippen molar-refractivity contribution in [3.05, 3.63) is 0 Å². The highest BCUT2D eigenvalue weighted by molar-refractivity contribution is 4.91. The average molecular weight is 210 g/mol. The van der Waals surface area contributed by atoms with Gasteiger partial charge in [0.2, 0.25) is 0 Å². The quantitative estimate of drug-likeness (QED) is 0.749. The number of hydrogen-bond acceptors (Lipinski definition) is 2. The molecule has 2 heteroatoms. The third-order valence-corrected chi connectivity index (χ3v) is 4.10. The van der Waals surface area contributed by atoms with Crippen molar-refractivity contribution in [1.82, 2.24) is 10.2 Å². The Kier molecular flexibility index (Phi) is 3.68. The molecule has 0 aromatic rings. The molecule has 2 nitrogen and oxygen atoms in total. The summed E-state index contributed by atoms with van der Waals surface area (Å²) in [6.07, 6.45) is 5.63. The van der Waals surface area contributed by atoms with Gasteiger partial charge in [-0.15, -0.1) is 0 Å². The van der Waals surface area contributed by atoms with E-state index in [1.54, 1.807) is 0 Å². The molecule has 1 N–H and O–H groups in total. The summed E-state index contributed by atoms with van der Waals surface area (Å²) in [5.74, 6) is 0.784. The van der Waals surface area contributed by atoms with Crippen molar-refractivity contribution in [1.29, 1.82) is 0 Å². The van der Waals surface area contributed by atoms with E-state index in [0.29, 0.717) is 0 Å². The lowest BCUT2D eigenvalue weighted by Crippen LogP contribution is -2.45. The molecule has 1 aliphatic heterocycles. The second-order valence-electron chi connectivity index (χ2n) is 5.71. The van der Waals surface area contributed by atoms with Crippen LogP contribution in [-0.2, 0) is 0 Å². The first-order valence-corrected chi connectivity index (χ1v) is 6.67. The lowest BCUT2D eigenvalue weighted by molar-refractivity contribution is 0.146. The van der Waals surface area contributed by atoms with Crippen molar-refractivity contribution in [2.45, 2.75) is 64.6 Å². The van der Waals surface area contributed by atoms with Crippen LogP contribution in [0.15, 0.2) is 0 Å². The normalized spacial score (nSPS) is 29.0. The van der Waals surface area contributed by atoms with Crippen molar-refractivity contribution in [2.75, 3.05) is 13.1 Å². The summed E-state index contributed by atoms with van der Waals surface area (Å²) in [7, 11) is 0. The topological polar surface area (TPSA) is 15.3 Å². The lowest BCUT2D eigenvalue weighted by atomic mass is 10.0. The van der Waals surface area contributed by atoms with Gasteiger partial charge >= 0.3 is 0 Å². The minimum absolute atomic E-state index is 0.750. The Balaban J connectivity index is 1.87. The highest BCUT2D eigenvalue weighted by atomic mass is 15.2. The molecule has 1 saturated carbocycles. The Morgan fingerprint density at radius 3 is 2.40 bits per heavy atom. The molecule has 2 aliphatic rings. The summed E-state index contributed by atoms with van der Waals surface area (Å²) >= 11 is 0. The Morgan fingerprint density at radius 1 is 1.20 bits per heavy atom. The van der Waals surface area contributed by atoms with E-state index in [-0.39, 0.29) is 0 Å². The van der Waals surface area contributed by atoms with Gasteiger partial charge in [-0.2, -0.15) is 0 Å². The molecular formula is C13H26N2. The molecule has 0 aromatic heterocycles. The van der Waals surface area contributed by atoms with Crippen LogP contribution in [0.1, 0.15) is 46.5 Å². The van der Waals surface area contributed by atoms with E-state index < -0.39 is 0 Å². The lowest BCUT2D eigenvalue weighted by Gasteiger charge is -2.34. The van der Waals surface area contributed by atoms with Gasteiger partial charge in [0, 0.05) is 24.7 Å². The second-order valence-corrected chi connectivity index (χ2v) is 5.71. The first kappa shape index (κ1) is 11.4. The fourth-order valence-corrected chi connectivity index (χ4v) is 2.60. The molecule has 15 heavy (non-hydrogen) atoms. The Bertz CT molecular complexity index is 193. The van der Waals surface area contributed by atoms with E-state index in [0.717, 1.165) is 24.0 Å². The van der Waals surface area contributed by atoms with Gasteiger partial charge in [0.25, 0.3) is 0 Å². The van der Waals surface area contributed by atoms with Crippen LogP contribution >= 0.6 is 0 Å². The summed E-state index contributed by atoms with van der Waals surface area (Å²) in [4.78, 5) is 2.76. The van der Waals surface area contributed by atoms with Gasteiger partial charge in [-0.05, 0) is 45.1 Å². The van der Waals surface area contributed by atoms with Crippen LogP contribution in [0.4, 0.5) is 0 Å². The van der Waals surface area contributed by atoms with Crippen LogP contribution < -0.4 is 5.32 Å². The predicted molar refractivity (Wildman–Crippen MR) is 65.1 cm³/mol. The molecule has 88 valence electrons. The second kappa shape index (κ2) is 4.84. The van der Waals surface area contributed by atoms with Gasteiger partial charge in [-0.1, -0.05) is 13.8 Å². The number of nitrogens with one attached hydrogen (secondary N) is 1. The molecule has 2 rings (SSSR count). The van der Waals surface area contributed by atoms with E-state index in [4.69, 9.17) is 0 Å². The Morgan fingerprint density at radius 2 is 1.93 bits per heavy atom. The Labute approximate surface area is 94.4 Å². The van der Waals surface area contributed by atoms with Gasteiger partial charge in [0.05, 0.1) is 0 Å². The molecule has 0 amide bonds. The molecule has 2 fully saturated rings. The average Bonchev–Trinajstić information content (AvgIpc) is 2.92. The van der Waals surface area contributed by atoms with Crippen LogP contribution in [0.5, 0.6) is 0 Å². The van der Waals surface area contributed by atoms with E-state index in [9.17, 15) is 0 Å². The maximum atomic E-state index is 3.62. The molecule has 1 aliphatic carbocycles.